The van der Waals surface area contributed by atoms with Crippen LogP contribution in [-0.4, -0.2) is 19.6 Å². The number of halogens is 4. The third kappa shape index (κ3) is 3.96. The number of imidazole rings is 1. The van der Waals surface area contributed by atoms with Gasteiger partial charge in [0, 0.05) is 16.8 Å². The van der Waals surface area contributed by atoms with E-state index in [1.54, 1.807) is 16.2 Å². The van der Waals surface area contributed by atoms with E-state index in [0.717, 1.165) is 27.5 Å². The lowest BCUT2D eigenvalue weighted by Gasteiger charge is -2.06. The number of hydrogen-bond acceptors (Lipinski definition) is 5. The van der Waals surface area contributed by atoms with Crippen molar-refractivity contribution in [1.29, 1.82) is 0 Å². The molecule has 0 radical (unpaired) electrons. The maximum atomic E-state index is 12.9. The molecule has 0 fully saturated rings. The summed E-state index contributed by atoms with van der Waals surface area (Å²) < 4.78 is 28.2. The predicted molar refractivity (Wildman–Crippen MR) is 113 cm³/mol. The maximum Gasteiger partial charge on any atom is 0.291 e. The predicted octanol–water partition coefficient (Wildman–Crippen LogP) is 6.34. The number of fused-ring (bicyclic) bond motifs is 1. The second-order valence-corrected chi connectivity index (χ2v) is 8.98. The zero-order valence-electron chi connectivity index (χ0n) is 13.4. The Hall–Kier alpha value is -1.30. The molecule has 0 spiro atoms. The molecule has 4 rings (SSSR count). The van der Waals surface area contributed by atoms with Gasteiger partial charge in [-0.15, -0.1) is 22.0 Å². The van der Waals surface area contributed by atoms with Crippen LogP contribution in [0.15, 0.2) is 47.5 Å². The van der Waals surface area contributed by atoms with E-state index in [4.69, 9.17) is 11.6 Å². The standard InChI is InChI=1S/C17H10ClF2IN4S2/c18-11-6-10(26-8-9-4-2-1-3-5-9)7-25-12(11)14(21)22-15(25)17-24-23-16(27-17)13(19)20/h1-7,13H,8H2. The Balaban J connectivity index is 1.73. The first-order valence-electron chi connectivity index (χ1n) is 7.68. The van der Waals surface area contributed by atoms with Crippen molar-refractivity contribution in [1.82, 2.24) is 19.6 Å². The van der Waals surface area contributed by atoms with Gasteiger partial charge in [0.05, 0.1) is 10.5 Å². The molecule has 3 aromatic heterocycles. The SMILES string of the molecule is FC(F)c1nnc(-c2nc(I)c3c(Cl)cc(SCc4ccccc4)cn23)s1. The van der Waals surface area contributed by atoms with Crippen LogP contribution in [0.3, 0.4) is 0 Å². The normalized spacial score (nSPS) is 11.6. The molecule has 0 saturated carbocycles. The van der Waals surface area contributed by atoms with Gasteiger partial charge < -0.3 is 0 Å². The Labute approximate surface area is 180 Å². The minimum atomic E-state index is -2.65. The summed E-state index contributed by atoms with van der Waals surface area (Å²) in [4.78, 5) is 5.42. The molecular weight excluding hydrogens is 525 g/mol. The van der Waals surface area contributed by atoms with Gasteiger partial charge in [0.15, 0.2) is 15.8 Å². The number of alkyl halides is 2. The molecule has 27 heavy (non-hydrogen) atoms. The van der Waals surface area contributed by atoms with Gasteiger partial charge >= 0.3 is 0 Å². The average molecular weight is 535 g/mol. The quantitative estimate of drug-likeness (QED) is 0.221. The van der Waals surface area contributed by atoms with Gasteiger partial charge in [-0.2, -0.15) is 0 Å². The molecule has 1 aromatic carbocycles. The van der Waals surface area contributed by atoms with Gasteiger partial charge in [-0.05, 0) is 34.2 Å². The highest BCUT2D eigenvalue weighted by atomic mass is 127. The van der Waals surface area contributed by atoms with Crippen molar-refractivity contribution >= 4 is 62.8 Å². The molecule has 0 aliphatic carbocycles. The van der Waals surface area contributed by atoms with E-state index in [0.29, 0.717) is 19.6 Å². The van der Waals surface area contributed by atoms with Gasteiger partial charge in [-0.25, -0.2) is 13.8 Å². The molecule has 0 bridgehead atoms. The number of rotatable bonds is 5. The third-order valence-corrected chi connectivity index (χ3v) is 6.69. The topological polar surface area (TPSA) is 43.1 Å². The second-order valence-electron chi connectivity index (χ2n) is 5.49. The van der Waals surface area contributed by atoms with Crippen LogP contribution in [0.25, 0.3) is 16.3 Å². The summed E-state index contributed by atoms with van der Waals surface area (Å²) >= 11 is 11.0. The largest absolute Gasteiger partial charge is 0.294 e. The van der Waals surface area contributed by atoms with E-state index in [1.165, 1.54) is 5.56 Å². The minimum absolute atomic E-state index is 0.322. The van der Waals surface area contributed by atoms with E-state index in [2.05, 4.69) is 49.9 Å². The van der Waals surface area contributed by atoms with Gasteiger partial charge in [-0.3, -0.25) is 4.40 Å². The summed E-state index contributed by atoms with van der Waals surface area (Å²) in [5, 5.41) is 8.00. The summed E-state index contributed by atoms with van der Waals surface area (Å²) in [6, 6.07) is 12.0. The van der Waals surface area contributed by atoms with Crippen LogP contribution in [0.5, 0.6) is 0 Å². The molecule has 4 aromatic rings. The van der Waals surface area contributed by atoms with E-state index >= 15 is 0 Å². The van der Waals surface area contributed by atoms with Crippen molar-refractivity contribution in [2.45, 2.75) is 17.1 Å². The summed E-state index contributed by atoms with van der Waals surface area (Å²) in [5.41, 5.74) is 1.93. The highest BCUT2D eigenvalue weighted by molar-refractivity contribution is 14.1. The summed E-state index contributed by atoms with van der Waals surface area (Å²) in [6.07, 6.45) is -0.745. The third-order valence-electron chi connectivity index (χ3n) is 3.69. The molecule has 4 nitrogen and oxygen atoms in total. The Morgan fingerprint density at radius 1 is 1.22 bits per heavy atom. The van der Waals surface area contributed by atoms with Crippen LogP contribution < -0.4 is 0 Å². The van der Waals surface area contributed by atoms with Crippen molar-refractivity contribution < 1.29 is 8.78 Å². The molecule has 138 valence electrons. The van der Waals surface area contributed by atoms with Gasteiger partial charge in [0.25, 0.3) is 6.43 Å². The number of thioether (sulfide) groups is 1. The fourth-order valence-electron chi connectivity index (χ4n) is 2.49. The molecular formula is C17H10ClF2IN4S2. The molecule has 3 heterocycles. The first-order valence-corrected chi connectivity index (χ1v) is 10.9. The molecule has 0 amide bonds. The monoisotopic (exact) mass is 534 g/mol. The Morgan fingerprint density at radius 3 is 2.70 bits per heavy atom. The van der Waals surface area contributed by atoms with E-state index < -0.39 is 6.43 Å². The summed E-state index contributed by atoms with van der Waals surface area (Å²) in [5.74, 6) is 1.25. The lowest BCUT2D eigenvalue weighted by Crippen LogP contribution is -1.91. The zero-order valence-corrected chi connectivity index (χ0v) is 18.0. The number of hydrogen-bond donors (Lipinski definition) is 0. The smallest absolute Gasteiger partial charge is 0.291 e. The van der Waals surface area contributed by atoms with E-state index in [-0.39, 0.29) is 5.01 Å². The minimum Gasteiger partial charge on any atom is -0.294 e. The van der Waals surface area contributed by atoms with Gasteiger partial charge in [0.1, 0.15) is 3.70 Å². The molecule has 0 atom stereocenters. The summed E-state index contributed by atoms with van der Waals surface area (Å²) in [7, 11) is 0. The first-order chi connectivity index (χ1) is 13.0. The van der Waals surface area contributed by atoms with Crippen LogP contribution in [0.1, 0.15) is 17.0 Å². The highest BCUT2D eigenvalue weighted by Gasteiger charge is 2.21. The molecule has 10 heteroatoms. The molecule has 0 saturated heterocycles. The van der Waals surface area contributed by atoms with Crippen molar-refractivity contribution in [2.75, 3.05) is 0 Å². The Bertz CT molecular complexity index is 1100. The lowest BCUT2D eigenvalue weighted by atomic mass is 10.2. The number of nitrogens with zero attached hydrogens (tertiary/aromatic N) is 4. The van der Waals surface area contributed by atoms with Crippen LogP contribution in [-0.2, 0) is 5.75 Å². The maximum absolute atomic E-state index is 12.9. The zero-order chi connectivity index (χ0) is 19.0. The molecule has 0 unspecified atom stereocenters. The summed E-state index contributed by atoms with van der Waals surface area (Å²) in [6.45, 7) is 0. The van der Waals surface area contributed by atoms with E-state index in [9.17, 15) is 8.78 Å². The van der Waals surface area contributed by atoms with Gasteiger partial charge in [0.2, 0.25) is 0 Å². The lowest BCUT2D eigenvalue weighted by molar-refractivity contribution is 0.150. The van der Waals surface area contributed by atoms with Crippen LogP contribution in [0, 0.1) is 3.70 Å². The van der Waals surface area contributed by atoms with Gasteiger partial charge in [-0.1, -0.05) is 53.3 Å². The fraction of sp³-hybridized carbons (Fsp3) is 0.118. The molecule has 0 N–H and O–H groups in total. The Kier molecular flexibility index (Phi) is 5.62. The number of pyridine rings is 1. The van der Waals surface area contributed by atoms with Crippen molar-refractivity contribution in [3.63, 3.8) is 0 Å². The van der Waals surface area contributed by atoms with Crippen molar-refractivity contribution in [3.8, 4) is 10.8 Å². The number of aromatic nitrogens is 4. The van der Waals surface area contributed by atoms with Crippen LogP contribution in [0.4, 0.5) is 8.78 Å². The Morgan fingerprint density at radius 2 is 2.00 bits per heavy atom. The van der Waals surface area contributed by atoms with Crippen molar-refractivity contribution in [2.24, 2.45) is 0 Å². The second kappa shape index (κ2) is 7.98. The van der Waals surface area contributed by atoms with Crippen LogP contribution in [0.2, 0.25) is 5.02 Å². The highest BCUT2D eigenvalue weighted by Crippen LogP contribution is 2.35. The fourth-order valence-corrected chi connectivity index (χ4v) is 5.38. The van der Waals surface area contributed by atoms with E-state index in [1.807, 2.05) is 30.5 Å². The number of benzene rings is 1. The van der Waals surface area contributed by atoms with Crippen LogP contribution >= 0.6 is 57.3 Å². The first kappa shape index (κ1) is 19.0. The average Bonchev–Trinajstić information content (AvgIpc) is 3.26. The van der Waals surface area contributed by atoms with Crippen molar-refractivity contribution in [3.05, 3.63) is 61.9 Å². The molecule has 0 aliphatic heterocycles. The molecule has 0 aliphatic rings.